The maximum absolute atomic E-state index is 11.8. The summed E-state index contributed by atoms with van der Waals surface area (Å²) in [6.45, 7) is 5.54. The molecule has 0 aliphatic rings. The topological polar surface area (TPSA) is 42.4 Å². The molecule has 88 valence electrons. The van der Waals surface area contributed by atoms with Crippen molar-refractivity contribution in [3.8, 4) is 0 Å². The average molecular weight is 222 g/mol. The minimum absolute atomic E-state index is 0.321. The Kier molecular flexibility index (Phi) is 3.52. The summed E-state index contributed by atoms with van der Waals surface area (Å²) >= 11 is 0. The number of rotatable bonds is 2. The first-order valence-corrected chi connectivity index (χ1v) is 5.16. The zero-order chi connectivity index (χ0) is 12.3. The fourth-order valence-corrected chi connectivity index (χ4v) is 1.13. The summed E-state index contributed by atoms with van der Waals surface area (Å²) in [6, 6.07) is 3.37. The molecular formula is C12H18N2O2. The van der Waals surface area contributed by atoms with Crippen molar-refractivity contribution in [3.63, 3.8) is 0 Å². The van der Waals surface area contributed by atoms with Crippen molar-refractivity contribution >= 4 is 11.8 Å². The van der Waals surface area contributed by atoms with Crippen molar-refractivity contribution in [2.24, 2.45) is 0 Å². The third-order valence-electron chi connectivity index (χ3n) is 1.84. The molecule has 4 heteroatoms. The molecule has 0 saturated heterocycles. The van der Waals surface area contributed by atoms with E-state index in [0.717, 1.165) is 5.82 Å². The van der Waals surface area contributed by atoms with Gasteiger partial charge in [0.1, 0.15) is 11.4 Å². The SMILES string of the molecule is CN(C)c1cc(C(=O)OC(C)(C)C)ccn1. The Morgan fingerprint density at radius 2 is 2.00 bits per heavy atom. The van der Waals surface area contributed by atoms with E-state index in [0.29, 0.717) is 5.56 Å². The van der Waals surface area contributed by atoms with E-state index in [1.807, 2.05) is 39.8 Å². The standard InChI is InChI=1S/C12H18N2O2/c1-12(2,3)16-11(15)9-6-7-13-10(8-9)14(4)5/h6-8H,1-5H3. The number of hydrogen-bond acceptors (Lipinski definition) is 4. The van der Waals surface area contributed by atoms with Gasteiger partial charge in [0.15, 0.2) is 0 Å². The number of pyridine rings is 1. The van der Waals surface area contributed by atoms with Gasteiger partial charge >= 0.3 is 5.97 Å². The molecule has 0 N–H and O–H groups in total. The predicted octanol–water partition coefficient (Wildman–Crippen LogP) is 2.10. The molecule has 0 amide bonds. The second-order valence-electron chi connectivity index (χ2n) is 4.80. The van der Waals surface area contributed by atoms with E-state index < -0.39 is 5.60 Å². The fraction of sp³-hybridized carbons (Fsp3) is 0.500. The average Bonchev–Trinajstić information content (AvgIpc) is 2.15. The molecule has 1 aromatic rings. The van der Waals surface area contributed by atoms with Crippen molar-refractivity contribution in [1.29, 1.82) is 0 Å². The Morgan fingerprint density at radius 1 is 1.38 bits per heavy atom. The third kappa shape index (κ3) is 3.53. The van der Waals surface area contributed by atoms with Crippen LogP contribution in [-0.4, -0.2) is 30.6 Å². The Morgan fingerprint density at radius 3 is 2.50 bits per heavy atom. The number of carbonyl (C=O) groups excluding carboxylic acids is 1. The van der Waals surface area contributed by atoms with E-state index in [4.69, 9.17) is 4.74 Å². The maximum atomic E-state index is 11.8. The van der Waals surface area contributed by atoms with Gasteiger partial charge in [0.05, 0.1) is 5.56 Å². The third-order valence-corrected chi connectivity index (χ3v) is 1.84. The Bertz CT molecular complexity index is 381. The van der Waals surface area contributed by atoms with Crippen molar-refractivity contribution in [3.05, 3.63) is 23.9 Å². The Balaban J connectivity index is 2.88. The fourth-order valence-electron chi connectivity index (χ4n) is 1.13. The van der Waals surface area contributed by atoms with E-state index in [2.05, 4.69) is 4.98 Å². The first-order valence-electron chi connectivity index (χ1n) is 5.16. The first-order chi connectivity index (χ1) is 7.29. The molecule has 0 saturated carbocycles. The Hall–Kier alpha value is -1.58. The second-order valence-corrected chi connectivity index (χ2v) is 4.80. The molecule has 0 radical (unpaired) electrons. The quantitative estimate of drug-likeness (QED) is 0.719. The summed E-state index contributed by atoms with van der Waals surface area (Å²) in [5, 5.41) is 0. The highest BCUT2D eigenvalue weighted by Gasteiger charge is 2.18. The molecule has 0 unspecified atom stereocenters. The maximum Gasteiger partial charge on any atom is 0.338 e. The first kappa shape index (κ1) is 12.5. The van der Waals surface area contributed by atoms with Crippen molar-refractivity contribution in [1.82, 2.24) is 4.98 Å². The largest absolute Gasteiger partial charge is 0.456 e. The van der Waals surface area contributed by atoms with Crippen LogP contribution in [0.4, 0.5) is 5.82 Å². The number of esters is 1. The number of carbonyl (C=O) groups is 1. The summed E-state index contributed by atoms with van der Waals surface area (Å²) in [7, 11) is 3.75. The van der Waals surface area contributed by atoms with Crippen molar-refractivity contribution in [2.45, 2.75) is 26.4 Å². The predicted molar refractivity (Wildman–Crippen MR) is 63.7 cm³/mol. The summed E-state index contributed by atoms with van der Waals surface area (Å²) < 4.78 is 5.27. The van der Waals surface area contributed by atoms with Gasteiger partial charge in [-0.3, -0.25) is 0 Å². The van der Waals surface area contributed by atoms with Crippen LogP contribution >= 0.6 is 0 Å². The number of ether oxygens (including phenoxy) is 1. The minimum Gasteiger partial charge on any atom is -0.456 e. The van der Waals surface area contributed by atoms with Crippen LogP contribution in [0.3, 0.4) is 0 Å². The van der Waals surface area contributed by atoms with Gasteiger partial charge in [-0.1, -0.05) is 0 Å². The number of nitrogens with zero attached hydrogens (tertiary/aromatic N) is 2. The highest BCUT2D eigenvalue weighted by molar-refractivity contribution is 5.90. The van der Waals surface area contributed by atoms with Crippen LogP contribution in [0.5, 0.6) is 0 Å². The number of aromatic nitrogens is 1. The highest BCUT2D eigenvalue weighted by atomic mass is 16.6. The molecule has 0 spiro atoms. The molecule has 16 heavy (non-hydrogen) atoms. The van der Waals surface area contributed by atoms with Crippen LogP contribution in [0.15, 0.2) is 18.3 Å². The zero-order valence-corrected chi connectivity index (χ0v) is 10.4. The smallest absolute Gasteiger partial charge is 0.338 e. The Labute approximate surface area is 96.2 Å². The van der Waals surface area contributed by atoms with Gasteiger partial charge in [-0.05, 0) is 32.9 Å². The molecule has 4 nitrogen and oxygen atoms in total. The van der Waals surface area contributed by atoms with Gasteiger partial charge in [0, 0.05) is 20.3 Å². The van der Waals surface area contributed by atoms with Crippen molar-refractivity contribution < 1.29 is 9.53 Å². The van der Waals surface area contributed by atoms with Gasteiger partial charge in [0.2, 0.25) is 0 Å². The van der Waals surface area contributed by atoms with Gasteiger partial charge in [-0.25, -0.2) is 9.78 Å². The van der Waals surface area contributed by atoms with E-state index in [1.165, 1.54) is 0 Å². The normalized spacial score (nSPS) is 11.1. The van der Waals surface area contributed by atoms with E-state index in [9.17, 15) is 4.79 Å². The molecule has 0 aliphatic carbocycles. The molecule has 0 atom stereocenters. The van der Waals surface area contributed by atoms with Crippen molar-refractivity contribution in [2.75, 3.05) is 19.0 Å². The van der Waals surface area contributed by atoms with Gasteiger partial charge in [-0.15, -0.1) is 0 Å². The van der Waals surface area contributed by atoms with Crippen LogP contribution in [0.2, 0.25) is 0 Å². The second kappa shape index (κ2) is 4.51. The molecule has 0 fully saturated rings. The number of hydrogen-bond donors (Lipinski definition) is 0. The number of anilines is 1. The zero-order valence-electron chi connectivity index (χ0n) is 10.4. The lowest BCUT2D eigenvalue weighted by molar-refractivity contribution is 0.00695. The monoisotopic (exact) mass is 222 g/mol. The van der Waals surface area contributed by atoms with Crippen LogP contribution in [0.1, 0.15) is 31.1 Å². The lowest BCUT2D eigenvalue weighted by Gasteiger charge is -2.20. The van der Waals surface area contributed by atoms with Gasteiger partial charge in [-0.2, -0.15) is 0 Å². The molecule has 1 aromatic heterocycles. The van der Waals surface area contributed by atoms with E-state index >= 15 is 0 Å². The van der Waals surface area contributed by atoms with Gasteiger partial charge < -0.3 is 9.64 Å². The molecule has 1 rings (SSSR count). The van der Waals surface area contributed by atoms with Gasteiger partial charge in [0.25, 0.3) is 0 Å². The molecule has 1 heterocycles. The van der Waals surface area contributed by atoms with E-state index in [1.54, 1.807) is 18.3 Å². The highest BCUT2D eigenvalue weighted by Crippen LogP contribution is 2.14. The summed E-state index contributed by atoms with van der Waals surface area (Å²) in [5.74, 6) is 0.418. The van der Waals surface area contributed by atoms with Crippen LogP contribution in [0, 0.1) is 0 Å². The summed E-state index contributed by atoms with van der Waals surface area (Å²) in [5.41, 5.74) is 0.0483. The van der Waals surface area contributed by atoms with E-state index in [-0.39, 0.29) is 5.97 Å². The van der Waals surface area contributed by atoms with Crippen LogP contribution < -0.4 is 4.90 Å². The molecular weight excluding hydrogens is 204 g/mol. The van der Waals surface area contributed by atoms with Crippen LogP contribution in [-0.2, 0) is 4.74 Å². The molecule has 0 bridgehead atoms. The van der Waals surface area contributed by atoms with Crippen LogP contribution in [0.25, 0.3) is 0 Å². The summed E-state index contributed by atoms with van der Waals surface area (Å²) in [6.07, 6.45) is 1.61. The lowest BCUT2D eigenvalue weighted by atomic mass is 10.2. The minimum atomic E-state index is -0.474. The molecule has 0 aliphatic heterocycles. The summed E-state index contributed by atoms with van der Waals surface area (Å²) in [4.78, 5) is 17.7. The molecule has 0 aromatic carbocycles. The lowest BCUT2D eigenvalue weighted by Crippen LogP contribution is -2.24.